The fourth-order valence-electron chi connectivity index (χ4n) is 2.97. The Bertz CT molecular complexity index is 462. The van der Waals surface area contributed by atoms with Crippen LogP contribution in [-0.4, -0.2) is 110 Å². The molecule has 11 nitrogen and oxygen atoms in total. The van der Waals surface area contributed by atoms with Crippen LogP contribution < -0.4 is 5.32 Å². The summed E-state index contributed by atoms with van der Waals surface area (Å²) in [4.78, 5) is 10.9. The van der Waals surface area contributed by atoms with Crippen molar-refractivity contribution in [1.82, 2.24) is 5.32 Å². The maximum absolute atomic E-state index is 10.9. The van der Waals surface area contributed by atoms with Crippen molar-refractivity contribution < 1.29 is 50.0 Å². The maximum Gasteiger partial charge on any atom is 0.217 e. The van der Waals surface area contributed by atoms with E-state index in [0.717, 1.165) is 0 Å². The van der Waals surface area contributed by atoms with Gasteiger partial charge in [0.25, 0.3) is 0 Å². The lowest BCUT2D eigenvalue weighted by atomic mass is 9.93. The van der Waals surface area contributed by atoms with Crippen molar-refractivity contribution in [2.24, 2.45) is 5.92 Å². The van der Waals surface area contributed by atoms with Gasteiger partial charge in [-0.05, 0) is 6.92 Å². The second-order valence-corrected chi connectivity index (χ2v) is 6.86. The van der Waals surface area contributed by atoms with Gasteiger partial charge in [0.1, 0.15) is 30.5 Å². The second kappa shape index (κ2) is 10.6. The van der Waals surface area contributed by atoms with Crippen LogP contribution in [-0.2, 0) is 14.3 Å². The molecule has 2 rings (SSSR count). The SMILES string of the molecule is CC(=O)NC1C(C)OC(CO)C(O)C1O.CC1C(O)OC(CO)C(O)C1O. The lowest BCUT2D eigenvalue weighted by molar-refractivity contribution is -0.266. The molecule has 2 aliphatic rings. The zero-order valence-electron chi connectivity index (χ0n) is 15.5. The highest BCUT2D eigenvalue weighted by Crippen LogP contribution is 2.24. The Hall–Kier alpha value is -0.890. The zero-order valence-corrected chi connectivity index (χ0v) is 15.5. The first-order valence-electron chi connectivity index (χ1n) is 8.75. The molecule has 10 atom stereocenters. The number of rotatable bonds is 3. The third-order valence-electron chi connectivity index (χ3n) is 4.76. The summed E-state index contributed by atoms with van der Waals surface area (Å²) in [6.07, 6.45) is -7.78. The number of amides is 1. The normalized spacial score (nSPS) is 44.8. The minimum Gasteiger partial charge on any atom is -0.394 e. The van der Waals surface area contributed by atoms with E-state index in [-0.39, 0.29) is 12.5 Å². The number of hydrogen-bond donors (Lipinski definition) is 8. The molecule has 0 bridgehead atoms. The van der Waals surface area contributed by atoms with E-state index in [0.29, 0.717) is 0 Å². The molecule has 0 radical (unpaired) electrons. The molecule has 0 saturated carbocycles. The van der Waals surface area contributed by atoms with Crippen LogP contribution in [0.3, 0.4) is 0 Å². The van der Waals surface area contributed by atoms with Crippen LogP contribution >= 0.6 is 0 Å². The molecule has 8 N–H and O–H groups in total. The van der Waals surface area contributed by atoms with Crippen LogP contribution in [0.5, 0.6) is 0 Å². The highest BCUT2D eigenvalue weighted by Gasteiger charge is 2.42. The summed E-state index contributed by atoms with van der Waals surface area (Å²) in [5, 5.41) is 67.1. The molecule has 11 heteroatoms. The predicted octanol–water partition coefficient (Wildman–Crippen LogP) is -3.95. The molecule has 0 aromatic carbocycles. The lowest BCUT2D eigenvalue weighted by Crippen LogP contribution is -2.63. The van der Waals surface area contributed by atoms with Gasteiger partial charge in [0, 0.05) is 12.8 Å². The Labute approximate surface area is 157 Å². The van der Waals surface area contributed by atoms with Crippen LogP contribution in [0.2, 0.25) is 0 Å². The summed E-state index contributed by atoms with van der Waals surface area (Å²) in [5.41, 5.74) is 0. The third kappa shape index (κ3) is 6.04. The fourth-order valence-corrected chi connectivity index (χ4v) is 2.97. The van der Waals surface area contributed by atoms with E-state index in [1.807, 2.05) is 0 Å². The molecule has 10 unspecified atom stereocenters. The first kappa shape index (κ1) is 24.1. The van der Waals surface area contributed by atoms with Crippen molar-refractivity contribution in [3.05, 3.63) is 0 Å². The average molecular weight is 397 g/mol. The van der Waals surface area contributed by atoms with Crippen LogP contribution in [0.4, 0.5) is 0 Å². The van der Waals surface area contributed by atoms with Gasteiger partial charge in [-0.3, -0.25) is 4.79 Å². The van der Waals surface area contributed by atoms with E-state index in [9.17, 15) is 25.2 Å². The van der Waals surface area contributed by atoms with E-state index in [1.54, 1.807) is 13.8 Å². The van der Waals surface area contributed by atoms with E-state index in [1.165, 1.54) is 6.92 Å². The Morgan fingerprint density at radius 1 is 0.852 bits per heavy atom. The van der Waals surface area contributed by atoms with Gasteiger partial charge >= 0.3 is 0 Å². The molecule has 0 aliphatic carbocycles. The molecule has 2 saturated heterocycles. The number of ether oxygens (including phenoxy) is 2. The number of nitrogens with one attached hydrogen (secondary N) is 1. The molecule has 160 valence electrons. The van der Waals surface area contributed by atoms with Crippen LogP contribution in [0.15, 0.2) is 0 Å². The Kier molecular flexibility index (Phi) is 9.48. The maximum atomic E-state index is 10.9. The minimum atomic E-state index is -1.19. The van der Waals surface area contributed by atoms with E-state index < -0.39 is 67.6 Å². The largest absolute Gasteiger partial charge is 0.394 e. The lowest BCUT2D eigenvalue weighted by Gasteiger charge is -2.41. The molecule has 2 fully saturated rings. The number of carbonyl (C=O) groups is 1. The molecule has 1 amide bonds. The van der Waals surface area contributed by atoms with Crippen molar-refractivity contribution in [1.29, 1.82) is 0 Å². The number of aliphatic hydroxyl groups excluding tert-OH is 7. The topological polar surface area (TPSA) is 189 Å². The number of aliphatic hydroxyl groups is 7. The molecule has 0 aromatic heterocycles. The molecule has 27 heavy (non-hydrogen) atoms. The highest BCUT2D eigenvalue weighted by molar-refractivity contribution is 5.73. The molecule has 0 spiro atoms. The van der Waals surface area contributed by atoms with Crippen LogP contribution in [0.1, 0.15) is 20.8 Å². The van der Waals surface area contributed by atoms with Gasteiger partial charge in [-0.1, -0.05) is 6.92 Å². The summed E-state index contributed by atoms with van der Waals surface area (Å²) in [6.45, 7) is 3.77. The zero-order chi connectivity index (χ0) is 20.9. The highest BCUT2D eigenvalue weighted by atomic mass is 16.6. The summed E-state index contributed by atoms with van der Waals surface area (Å²) >= 11 is 0. The fraction of sp³-hybridized carbons (Fsp3) is 0.938. The van der Waals surface area contributed by atoms with Crippen molar-refractivity contribution >= 4 is 5.91 Å². The molecule has 2 aliphatic heterocycles. The second-order valence-electron chi connectivity index (χ2n) is 6.86. The summed E-state index contributed by atoms with van der Waals surface area (Å²) < 4.78 is 10.1. The first-order valence-corrected chi connectivity index (χ1v) is 8.75. The Morgan fingerprint density at radius 3 is 1.81 bits per heavy atom. The third-order valence-corrected chi connectivity index (χ3v) is 4.76. The van der Waals surface area contributed by atoms with Gasteiger partial charge in [-0.2, -0.15) is 0 Å². The number of carbonyl (C=O) groups excluding carboxylic acids is 1. The molecule has 0 aromatic rings. The van der Waals surface area contributed by atoms with E-state index in [4.69, 9.17) is 24.8 Å². The standard InChI is InChI=1S/C9H17NO5.C7H14O5/c1-4-7(10-5(2)12)9(14)8(13)6(3-11)15-4;1-3-5(9)6(10)4(2-8)12-7(3)11/h4,6-9,11,13-14H,3H2,1-2H3,(H,10,12);3-11H,2H2,1H3. The van der Waals surface area contributed by atoms with Gasteiger partial charge in [0.2, 0.25) is 5.91 Å². The van der Waals surface area contributed by atoms with E-state index >= 15 is 0 Å². The van der Waals surface area contributed by atoms with Gasteiger partial charge in [0.15, 0.2) is 6.29 Å². The Morgan fingerprint density at radius 2 is 1.33 bits per heavy atom. The van der Waals surface area contributed by atoms with Crippen LogP contribution in [0.25, 0.3) is 0 Å². The monoisotopic (exact) mass is 397 g/mol. The van der Waals surface area contributed by atoms with Crippen molar-refractivity contribution in [3.8, 4) is 0 Å². The first-order chi connectivity index (χ1) is 12.5. The van der Waals surface area contributed by atoms with Gasteiger partial charge in [0.05, 0.1) is 31.5 Å². The minimum absolute atomic E-state index is 0.302. The molecule has 2 heterocycles. The number of hydrogen-bond acceptors (Lipinski definition) is 10. The predicted molar refractivity (Wildman–Crippen MR) is 90.2 cm³/mol. The van der Waals surface area contributed by atoms with Crippen molar-refractivity contribution in [3.63, 3.8) is 0 Å². The molecular weight excluding hydrogens is 366 g/mol. The Balaban J connectivity index is 0.000000277. The summed E-state index contributed by atoms with van der Waals surface area (Å²) in [7, 11) is 0. The van der Waals surface area contributed by atoms with Gasteiger partial charge in [-0.15, -0.1) is 0 Å². The van der Waals surface area contributed by atoms with Crippen molar-refractivity contribution in [2.75, 3.05) is 13.2 Å². The quantitative estimate of drug-likeness (QED) is 0.233. The van der Waals surface area contributed by atoms with E-state index in [2.05, 4.69) is 5.32 Å². The van der Waals surface area contributed by atoms with Gasteiger partial charge in [-0.25, -0.2) is 0 Å². The summed E-state index contributed by atoms with van der Waals surface area (Å²) in [6, 6.07) is -0.653. The van der Waals surface area contributed by atoms with Gasteiger partial charge < -0.3 is 50.5 Å². The summed E-state index contributed by atoms with van der Waals surface area (Å²) in [5.74, 6) is -0.841. The van der Waals surface area contributed by atoms with Crippen LogP contribution in [0, 0.1) is 5.92 Å². The molecular formula is C16H31NO10. The smallest absolute Gasteiger partial charge is 0.217 e. The average Bonchev–Trinajstić information content (AvgIpc) is 2.63. The van der Waals surface area contributed by atoms with Crippen molar-refractivity contribution in [2.45, 2.75) is 75.8 Å².